The highest BCUT2D eigenvalue weighted by Gasteiger charge is 2.21. The number of ether oxygens (including phenoxy) is 1. The van der Waals surface area contributed by atoms with Gasteiger partial charge in [-0.1, -0.05) is 60.7 Å². The highest BCUT2D eigenvalue weighted by atomic mass is 16.5. The Morgan fingerprint density at radius 3 is 2.28 bits per heavy atom. The lowest BCUT2D eigenvalue weighted by Gasteiger charge is -2.07. The van der Waals surface area contributed by atoms with Crippen LogP contribution in [0.3, 0.4) is 0 Å². The highest BCUT2D eigenvalue weighted by Crippen LogP contribution is 2.30. The lowest BCUT2D eigenvalue weighted by Crippen LogP contribution is -2.19. The Balaban J connectivity index is 1.51. The molecule has 0 spiro atoms. The van der Waals surface area contributed by atoms with E-state index in [1.807, 2.05) is 54.6 Å². The van der Waals surface area contributed by atoms with Crippen molar-refractivity contribution in [3.05, 3.63) is 95.6 Å². The van der Waals surface area contributed by atoms with E-state index in [4.69, 9.17) is 4.74 Å². The number of hydrogen-bond donors (Lipinski definition) is 2. The van der Waals surface area contributed by atoms with Gasteiger partial charge in [-0.3, -0.25) is 9.59 Å². The second-order valence-corrected chi connectivity index (χ2v) is 7.39. The molecule has 0 saturated carbocycles. The first-order chi connectivity index (χ1) is 15.5. The zero-order valence-corrected chi connectivity index (χ0v) is 17.6. The monoisotopic (exact) mass is 426 g/mol. The van der Waals surface area contributed by atoms with Crippen LogP contribution in [0.25, 0.3) is 22.2 Å². The fraction of sp³-hybridized carbons (Fsp3) is 0.115. The summed E-state index contributed by atoms with van der Waals surface area (Å²) in [5.74, 6) is -0.985. The summed E-state index contributed by atoms with van der Waals surface area (Å²) in [7, 11) is 0. The number of esters is 1. The van der Waals surface area contributed by atoms with Crippen molar-refractivity contribution in [3.8, 4) is 11.3 Å². The number of carbonyl (C=O) groups is 3. The molecule has 3 aromatic carbocycles. The predicted molar refractivity (Wildman–Crippen MR) is 122 cm³/mol. The van der Waals surface area contributed by atoms with Gasteiger partial charge in [0.1, 0.15) is 0 Å². The molecule has 4 rings (SSSR count). The molecule has 0 bridgehead atoms. The number of aromatic nitrogens is 1. The van der Waals surface area contributed by atoms with Crippen molar-refractivity contribution in [3.63, 3.8) is 0 Å². The standard InChI is InChI=1S/C26H22N2O4/c1-17(29)27-15-18-11-13-20(14-12-18)26(31)32-16-23(30)24-21-9-5-6-10-22(21)28-25(24)19-7-3-2-4-8-19/h2-14,28H,15-16H2,1H3,(H,27,29). The van der Waals surface area contributed by atoms with Crippen LogP contribution >= 0.6 is 0 Å². The van der Waals surface area contributed by atoms with Gasteiger partial charge in [0.05, 0.1) is 16.8 Å². The molecule has 2 N–H and O–H groups in total. The van der Waals surface area contributed by atoms with Crippen LogP contribution in [-0.4, -0.2) is 29.3 Å². The molecule has 0 saturated heterocycles. The minimum atomic E-state index is -0.578. The number of benzene rings is 3. The number of aromatic amines is 1. The minimum absolute atomic E-state index is 0.126. The van der Waals surface area contributed by atoms with Gasteiger partial charge in [0.25, 0.3) is 0 Å². The molecule has 1 heterocycles. The van der Waals surface area contributed by atoms with E-state index in [1.54, 1.807) is 24.3 Å². The Kier molecular flexibility index (Phi) is 6.12. The number of nitrogens with one attached hydrogen (secondary N) is 2. The average molecular weight is 426 g/mol. The summed E-state index contributed by atoms with van der Waals surface area (Å²) in [6.07, 6.45) is 0. The Morgan fingerprint density at radius 2 is 1.56 bits per heavy atom. The van der Waals surface area contributed by atoms with Crippen molar-refractivity contribution in [2.24, 2.45) is 0 Å². The van der Waals surface area contributed by atoms with Crippen LogP contribution in [0, 0.1) is 0 Å². The Labute approximate surface area is 185 Å². The number of fused-ring (bicyclic) bond motifs is 1. The normalized spacial score (nSPS) is 10.7. The van der Waals surface area contributed by atoms with E-state index in [9.17, 15) is 14.4 Å². The van der Waals surface area contributed by atoms with E-state index in [0.717, 1.165) is 22.0 Å². The Morgan fingerprint density at radius 1 is 0.875 bits per heavy atom. The van der Waals surface area contributed by atoms with Crippen molar-refractivity contribution in [2.75, 3.05) is 6.61 Å². The molecule has 6 nitrogen and oxygen atoms in total. The van der Waals surface area contributed by atoms with Gasteiger partial charge in [0.2, 0.25) is 11.7 Å². The van der Waals surface area contributed by atoms with Crippen molar-refractivity contribution >= 4 is 28.6 Å². The quantitative estimate of drug-likeness (QED) is 0.336. The number of para-hydroxylation sites is 1. The third-order valence-corrected chi connectivity index (χ3v) is 5.11. The second kappa shape index (κ2) is 9.31. The predicted octanol–water partition coefficient (Wildman–Crippen LogP) is 4.51. The molecule has 1 aromatic heterocycles. The molecule has 160 valence electrons. The van der Waals surface area contributed by atoms with E-state index in [0.29, 0.717) is 23.4 Å². The molecule has 0 aliphatic carbocycles. The molecule has 6 heteroatoms. The van der Waals surface area contributed by atoms with E-state index < -0.39 is 5.97 Å². The first-order valence-electron chi connectivity index (χ1n) is 10.2. The first-order valence-corrected chi connectivity index (χ1v) is 10.2. The molecular formula is C26H22N2O4. The van der Waals surface area contributed by atoms with Gasteiger partial charge < -0.3 is 15.0 Å². The number of rotatable bonds is 7. The second-order valence-electron chi connectivity index (χ2n) is 7.39. The van der Waals surface area contributed by atoms with Crippen LogP contribution in [0.1, 0.15) is 33.2 Å². The van der Waals surface area contributed by atoms with Crippen molar-refractivity contribution in [1.82, 2.24) is 10.3 Å². The number of ketones is 1. The zero-order valence-electron chi connectivity index (χ0n) is 17.6. The molecular weight excluding hydrogens is 404 g/mol. The van der Waals surface area contributed by atoms with Crippen LogP contribution in [0.4, 0.5) is 0 Å². The van der Waals surface area contributed by atoms with Crippen LogP contribution in [0.2, 0.25) is 0 Å². The summed E-state index contributed by atoms with van der Waals surface area (Å²) in [5, 5.41) is 3.48. The summed E-state index contributed by atoms with van der Waals surface area (Å²) in [6, 6.07) is 23.8. The van der Waals surface area contributed by atoms with Crippen molar-refractivity contribution in [1.29, 1.82) is 0 Å². The smallest absolute Gasteiger partial charge is 0.338 e. The molecule has 4 aromatic rings. The fourth-order valence-corrected chi connectivity index (χ4v) is 3.52. The molecule has 0 aliphatic rings. The van der Waals surface area contributed by atoms with E-state index in [-0.39, 0.29) is 18.3 Å². The molecule has 0 radical (unpaired) electrons. The maximum Gasteiger partial charge on any atom is 0.338 e. The topological polar surface area (TPSA) is 88.3 Å². The van der Waals surface area contributed by atoms with E-state index in [2.05, 4.69) is 10.3 Å². The average Bonchev–Trinajstić information content (AvgIpc) is 3.21. The number of amides is 1. The van der Waals surface area contributed by atoms with Crippen LogP contribution in [0.5, 0.6) is 0 Å². The van der Waals surface area contributed by atoms with E-state index in [1.165, 1.54) is 6.92 Å². The minimum Gasteiger partial charge on any atom is -0.454 e. The van der Waals surface area contributed by atoms with Crippen LogP contribution in [-0.2, 0) is 16.1 Å². The molecule has 32 heavy (non-hydrogen) atoms. The molecule has 0 atom stereocenters. The van der Waals surface area contributed by atoms with Gasteiger partial charge in [-0.25, -0.2) is 4.79 Å². The van der Waals surface area contributed by atoms with Gasteiger partial charge in [-0.05, 0) is 29.3 Å². The molecule has 0 fully saturated rings. The Hall–Kier alpha value is -4.19. The highest BCUT2D eigenvalue weighted by molar-refractivity contribution is 6.14. The van der Waals surface area contributed by atoms with Gasteiger partial charge >= 0.3 is 5.97 Å². The van der Waals surface area contributed by atoms with Crippen LogP contribution in [0.15, 0.2) is 78.9 Å². The lowest BCUT2D eigenvalue weighted by molar-refractivity contribution is -0.119. The fourth-order valence-electron chi connectivity index (χ4n) is 3.52. The molecule has 0 unspecified atom stereocenters. The van der Waals surface area contributed by atoms with Gasteiger partial charge in [-0.2, -0.15) is 0 Å². The summed E-state index contributed by atoms with van der Waals surface area (Å²) >= 11 is 0. The maximum absolute atomic E-state index is 13.1. The number of carbonyl (C=O) groups excluding carboxylic acids is 3. The van der Waals surface area contributed by atoms with E-state index >= 15 is 0 Å². The van der Waals surface area contributed by atoms with Crippen molar-refractivity contribution < 1.29 is 19.1 Å². The van der Waals surface area contributed by atoms with Crippen molar-refractivity contribution in [2.45, 2.75) is 13.5 Å². The molecule has 0 aliphatic heterocycles. The summed E-state index contributed by atoms with van der Waals surface area (Å²) < 4.78 is 5.32. The third-order valence-electron chi connectivity index (χ3n) is 5.11. The Bertz CT molecular complexity index is 1270. The summed E-state index contributed by atoms with van der Waals surface area (Å²) in [5.41, 5.74) is 4.13. The zero-order chi connectivity index (χ0) is 22.5. The number of Topliss-reactive ketones (excluding diaryl/α,β-unsaturated/α-hetero) is 1. The maximum atomic E-state index is 13.1. The number of H-pyrrole nitrogens is 1. The summed E-state index contributed by atoms with van der Waals surface area (Å²) in [6.45, 7) is 1.46. The molecule has 1 amide bonds. The number of hydrogen-bond acceptors (Lipinski definition) is 4. The lowest BCUT2D eigenvalue weighted by atomic mass is 10.0. The van der Waals surface area contributed by atoms with Gasteiger partial charge in [-0.15, -0.1) is 0 Å². The first kappa shape index (κ1) is 21.1. The van der Waals surface area contributed by atoms with Gasteiger partial charge in [0, 0.05) is 24.4 Å². The van der Waals surface area contributed by atoms with Crippen LogP contribution < -0.4 is 5.32 Å². The van der Waals surface area contributed by atoms with Gasteiger partial charge in [0.15, 0.2) is 6.61 Å². The SMILES string of the molecule is CC(=O)NCc1ccc(C(=O)OCC(=O)c2c(-c3ccccc3)[nH]c3ccccc23)cc1. The summed E-state index contributed by atoms with van der Waals surface area (Å²) in [4.78, 5) is 39.9. The third kappa shape index (κ3) is 4.59. The largest absolute Gasteiger partial charge is 0.454 e.